The number of rotatable bonds is 7. The molecule has 0 unspecified atom stereocenters. The van der Waals surface area contributed by atoms with Crippen LogP contribution in [0.15, 0.2) is 6.20 Å². The van der Waals surface area contributed by atoms with Crippen LogP contribution in [0.1, 0.15) is 39.0 Å². The van der Waals surface area contributed by atoms with Gasteiger partial charge in [-0.3, -0.25) is 0 Å². The van der Waals surface area contributed by atoms with E-state index in [9.17, 15) is 0 Å². The van der Waals surface area contributed by atoms with Crippen molar-refractivity contribution < 1.29 is 4.74 Å². The van der Waals surface area contributed by atoms with E-state index in [1.807, 2.05) is 0 Å². The molecule has 1 heterocycles. The van der Waals surface area contributed by atoms with Gasteiger partial charge in [-0.25, -0.2) is 4.98 Å². The normalized spacial score (nSPS) is 10.4. The van der Waals surface area contributed by atoms with E-state index < -0.39 is 0 Å². The summed E-state index contributed by atoms with van der Waals surface area (Å²) in [7, 11) is 0. The molecule has 5 heteroatoms. The van der Waals surface area contributed by atoms with Crippen molar-refractivity contribution >= 4 is 23.2 Å². The number of hydrogen-bond acceptors (Lipinski definition) is 3. The fraction of sp³-hybridized carbons (Fsp3) is 0.636. The van der Waals surface area contributed by atoms with Gasteiger partial charge in [0.15, 0.2) is 0 Å². The molecule has 1 rings (SSSR count). The predicted octanol–water partition coefficient (Wildman–Crippen LogP) is 4.13. The van der Waals surface area contributed by atoms with Crippen molar-refractivity contribution in [2.24, 2.45) is 0 Å². The highest BCUT2D eigenvalue weighted by atomic mass is 35.5. The first kappa shape index (κ1) is 13.5. The lowest BCUT2D eigenvalue weighted by Crippen LogP contribution is -2.00. The van der Waals surface area contributed by atoms with Crippen molar-refractivity contribution in [2.45, 2.75) is 39.0 Å². The number of aromatic nitrogens is 2. The van der Waals surface area contributed by atoms with Crippen LogP contribution in [-0.4, -0.2) is 16.6 Å². The lowest BCUT2D eigenvalue weighted by atomic mass is 10.2. The van der Waals surface area contributed by atoms with E-state index in [1.165, 1.54) is 31.9 Å². The Balaban J connectivity index is 2.23. The van der Waals surface area contributed by atoms with Crippen LogP contribution in [0.25, 0.3) is 0 Å². The minimum atomic E-state index is 0.158. The molecular weight excluding hydrogens is 247 g/mol. The van der Waals surface area contributed by atoms with Crippen molar-refractivity contribution in [1.29, 1.82) is 0 Å². The van der Waals surface area contributed by atoms with E-state index in [0.717, 1.165) is 6.42 Å². The minimum absolute atomic E-state index is 0.158. The van der Waals surface area contributed by atoms with E-state index in [0.29, 0.717) is 17.5 Å². The molecule has 0 N–H and O–H groups in total. The van der Waals surface area contributed by atoms with Crippen LogP contribution in [0.3, 0.4) is 0 Å². The van der Waals surface area contributed by atoms with E-state index in [2.05, 4.69) is 16.9 Å². The zero-order valence-electron chi connectivity index (χ0n) is 9.38. The molecule has 0 saturated heterocycles. The number of unbranched alkanes of at least 4 members (excludes halogenated alkanes) is 4. The fourth-order valence-corrected chi connectivity index (χ4v) is 1.58. The Morgan fingerprint density at radius 1 is 1.19 bits per heavy atom. The molecule has 0 aliphatic carbocycles. The van der Waals surface area contributed by atoms with E-state index >= 15 is 0 Å². The van der Waals surface area contributed by atoms with Crippen LogP contribution in [0, 0.1) is 0 Å². The summed E-state index contributed by atoms with van der Waals surface area (Å²) in [4.78, 5) is 7.66. The average molecular weight is 263 g/mol. The van der Waals surface area contributed by atoms with Gasteiger partial charge in [0.25, 0.3) is 0 Å². The van der Waals surface area contributed by atoms with E-state index in [-0.39, 0.29) is 5.28 Å². The van der Waals surface area contributed by atoms with Crippen molar-refractivity contribution in [1.82, 2.24) is 9.97 Å². The van der Waals surface area contributed by atoms with Gasteiger partial charge in [0.05, 0.1) is 12.8 Å². The first-order valence-corrected chi connectivity index (χ1v) is 6.30. The van der Waals surface area contributed by atoms with Gasteiger partial charge in [-0.05, 0) is 18.0 Å². The van der Waals surface area contributed by atoms with E-state index in [1.54, 1.807) is 0 Å². The summed E-state index contributed by atoms with van der Waals surface area (Å²) in [5.41, 5.74) is 0. The molecule has 16 heavy (non-hydrogen) atoms. The second-order valence-electron chi connectivity index (χ2n) is 3.55. The van der Waals surface area contributed by atoms with Crippen molar-refractivity contribution in [3.8, 4) is 5.88 Å². The highest BCUT2D eigenvalue weighted by Gasteiger charge is 2.04. The third-order valence-corrected chi connectivity index (χ3v) is 2.61. The highest BCUT2D eigenvalue weighted by molar-refractivity contribution is 6.32. The quantitative estimate of drug-likeness (QED) is 0.548. The Labute approximate surface area is 106 Å². The molecule has 0 atom stereocenters. The van der Waals surface area contributed by atoms with Crippen LogP contribution >= 0.6 is 23.2 Å². The van der Waals surface area contributed by atoms with Crippen molar-refractivity contribution in [3.63, 3.8) is 0 Å². The lowest BCUT2D eigenvalue weighted by Gasteiger charge is -2.06. The van der Waals surface area contributed by atoms with Crippen molar-refractivity contribution in [3.05, 3.63) is 16.5 Å². The first-order chi connectivity index (χ1) is 7.74. The monoisotopic (exact) mass is 262 g/mol. The molecule has 0 fully saturated rings. The molecular formula is C11H16Cl2N2O. The van der Waals surface area contributed by atoms with Crippen LogP contribution in [0.5, 0.6) is 5.88 Å². The summed E-state index contributed by atoms with van der Waals surface area (Å²) in [5, 5.41) is 0.559. The molecule has 0 amide bonds. The largest absolute Gasteiger partial charge is 0.477 e. The molecule has 0 saturated carbocycles. The van der Waals surface area contributed by atoms with Crippen LogP contribution < -0.4 is 4.74 Å². The topological polar surface area (TPSA) is 35.0 Å². The second-order valence-corrected chi connectivity index (χ2v) is 4.30. The molecule has 1 aromatic rings. The molecule has 0 bridgehead atoms. The summed E-state index contributed by atoms with van der Waals surface area (Å²) in [6.45, 7) is 2.82. The second kappa shape index (κ2) is 7.69. The standard InChI is InChI=1S/C11H16Cl2N2O/c1-2-3-4-5-6-7-16-10-9(12)8-14-11(13)15-10/h8H,2-7H2,1H3. The van der Waals surface area contributed by atoms with Gasteiger partial charge in [0, 0.05) is 0 Å². The van der Waals surface area contributed by atoms with Gasteiger partial charge < -0.3 is 4.74 Å². The fourth-order valence-electron chi connectivity index (χ4n) is 1.31. The van der Waals surface area contributed by atoms with Gasteiger partial charge in [-0.15, -0.1) is 0 Å². The zero-order chi connectivity index (χ0) is 11.8. The maximum Gasteiger partial charge on any atom is 0.237 e. The Morgan fingerprint density at radius 2 is 1.94 bits per heavy atom. The Hall–Kier alpha value is -0.540. The highest BCUT2D eigenvalue weighted by Crippen LogP contribution is 2.21. The molecule has 0 aliphatic heterocycles. The molecule has 3 nitrogen and oxygen atoms in total. The molecule has 0 spiro atoms. The van der Waals surface area contributed by atoms with Gasteiger partial charge in [0.1, 0.15) is 5.02 Å². The summed E-state index contributed by atoms with van der Waals surface area (Å²) in [6.07, 6.45) is 7.40. The smallest absolute Gasteiger partial charge is 0.237 e. The van der Waals surface area contributed by atoms with Crippen LogP contribution in [-0.2, 0) is 0 Å². The number of halogens is 2. The minimum Gasteiger partial charge on any atom is -0.477 e. The molecule has 1 aromatic heterocycles. The summed E-state index contributed by atoms with van der Waals surface area (Å²) in [5.74, 6) is 0.372. The average Bonchev–Trinajstić information content (AvgIpc) is 2.28. The Kier molecular flexibility index (Phi) is 6.50. The Morgan fingerprint density at radius 3 is 2.69 bits per heavy atom. The van der Waals surface area contributed by atoms with Gasteiger partial charge in [0.2, 0.25) is 11.2 Å². The SMILES string of the molecule is CCCCCCCOc1nc(Cl)ncc1Cl. The third kappa shape index (κ3) is 4.99. The Bertz CT molecular complexity index is 321. The molecule has 0 radical (unpaired) electrons. The summed E-state index contributed by atoms with van der Waals surface area (Å²) < 4.78 is 5.43. The predicted molar refractivity (Wildman–Crippen MR) is 66.3 cm³/mol. The first-order valence-electron chi connectivity index (χ1n) is 5.55. The number of ether oxygens (including phenoxy) is 1. The van der Waals surface area contributed by atoms with Gasteiger partial charge in [-0.1, -0.05) is 44.2 Å². The molecule has 0 aromatic carbocycles. The van der Waals surface area contributed by atoms with Crippen LogP contribution in [0.4, 0.5) is 0 Å². The zero-order valence-corrected chi connectivity index (χ0v) is 10.9. The van der Waals surface area contributed by atoms with Crippen LogP contribution in [0.2, 0.25) is 10.3 Å². The third-order valence-electron chi connectivity index (χ3n) is 2.17. The number of nitrogens with zero attached hydrogens (tertiary/aromatic N) is 2. The van der Waals surface area contributed by atoms with Crippen molar-refractivity contribution in [2.75, 3.05) is 6.61 Å². The lowest BCUT2D eigenvalue weighted by molar-refractivity contribution is 0.293. The van der Waals surface area contributed by atoms with E-state index in [4.69, 9.17) is 27.9 Å². The molecule has 0 aliphatic rings. The molecule has 90 valence electrons. The maximum atomic E-state index is 5.85. The maximum absolute atomic E-state index is 5.85. The number of hydrogen-bond donors (Lipinski definition) is 0. The van der Waals surface area contributed by atoms with Gasteiger partial charge in [-0.2, -0.15) is 4.98 Å². The summed E-state index contributed by atoms with van der Waals surface area (Å²) >= 11 is 11.5. The van der Waals surface area contributed by atoms with Gasteiger partial charge >= 0.3 is 0 Å². The summed E-state index contributed by atoms with van der Waals surface area (Å²) in [6, 6.07) is 0.